The first-order valence-corrected chi connectivity index (χ1v) is 13.6. The molecule has 0 saturated carbocycles. The summed E-state index contributed by atoms with van der Waals surface area (Å²) in [5.74, 6) is 1.07. The van der Waals surface area contributed by atoms with Crippen molar-refractivity contribution >= 4 is 43.3 Å². The van der Waals surface area contributed by atoms with Crippen LogP contribution in [0.5, 0.6) is 0 Å². The van der Waals surface area contributed by atoms with Crippen molar-refractivity contribution in [3.05, 3.63) is 29.6 Å². The van der Waals surface area contributed by atoms with Gasteiger partial charge in [-0.15, -0.1) is 0 Å². The predicted molar refractivity (Wildman–Crippen MR) is 124 cm³/mol. The number of ether oxygens (including phenoxy) is 1. The Morgan fingerprint density at radius 1 is 1.23 bits per heavy atom. The van der Waals surface area contributed by atoms with Gasteiger partial charge in [0.25, 0.3) is 0 Å². The standard InChI is InChI=1S/C20H30ClN7O2Si/c1-7-29-11-10-28-16-14(15(27-28)17(20(2,3)4)30-31(5)6)25-19(21)26-18(16)24-13-12-22-8-9-23-13/h8-9,12,17,31H,7,10-11H2,1-6H3,(H,23,24,25,26). The summed E-state index contributed by atoms with van der Waals surface area (Å²) in [7, 11) is -1.36. The van der Waals surface area contributed by atoms with Gasteiger partial charge in [0.1, 0.15) is 22.5 Å². The summed E-state index contributed by atoms with van der Waals surface area (Å²) < 4.78 is 13.9. The SMILES string of the molecule is CCOCCn1nc(C(O[SiH](C)C)C(C)(C)C)c2nc(Cl)nc(Nc3cnccn3)c21. The van der Waals surface area contributed by atoms with Crippen LogP contribution in [0.2, 0.25) is 18.4 Å². The topological polar surface area (TPSA) is 99.9 Å². The molecule has 0 spiro atoms. The number of fused-ring (bicyclic) bond motifs is 1. The van der Waals surface area contributed by atoms with Gasteiger partial charge in [-0.25, -0.2) is 9.97 Å². The van der Waals surface area contributed by atoms with Crippen LogP contribution < -0.4 is 5.32 Å². The van der Waals surface area contributed by atoms with Crippen LogP contribution in [0, 0.1) is 5.41 Å². The monoisotopic (exact) mass is 463 g/mol. The maximum absolute atomic E-state index is 6.43. The van der Waals surface area contributed by atoms with Gasteiger partial charge in [-0.05, 0) is 37.0 Å². The van der Waals surface area contributed by atoms with Crippen LogP contribution in [-0.2, 0) is 15.7 Å². The summed E-state index contributed by atoms with van der Waals surface area (Å²) in [5.41, 5.74) is 1.97. The highest BCUT2D eigenvalue weighted by atomic mass is 35.5. The Morgan fingerprint density at radius 2 is 2.00 bits per heavy atom. The molecule has 0 bridgehead atoms. The molecule has 0 aliphatic heterocycles. The summed E-state index contributed by atoms with van der Waals surface area (Å²) in [6.45, 7) is 14.4. The van der Waals surface area contributed by atoms with E-state index >= 15 is 0 Å². The van der Waals surface area contributed by atoms with Crippen LogP contribution in [0.15, 0.2) is 18.6 Å². The van der Waals surface area contributed by atoms with Gasteiger partial charge in [-0.1, -0.05) is 20.8 Å². The van der Waals surface area contributed by atoms with E-state index in [1.807, 2.05) is 11.6 Å². The number of nitrogens with one attached hydrogen (secondary N) is 1. The quantitative estimate of drug-likeness (QED) is 0.287. The van der Waals surface area contributed by atoms with E-state index in [4.69, 9.17) is 25.9 Å². The molecule has 9 nitrogen and oxygen atoms in total. The van der Waals surface area contributed by atoms with E-state index < -0.39 is 9.04 Å². The minimum absolute atomic E-state index is 0.124. The third kappa shape index (κ3) is 5.76. The Morgan fingerprint density at radius 3 is 2.61 bits per heavy atom. The maximum atomic E-state index is 6.43. The minimum Gasteiger partial charge on any atom is -0.411 e. The Hall–Kier alpha value is -2.14. The first-order valence-electron chi connectivity index (χ1n) is 10.4. The van der Waals surface area contributed by atoms with Gasteiger partial charge in [0, 0.05) is 19.0 Å². The fourth-order valence-corrected chi connectivity index (χ4v) is 4.49. The van der Waals surface area contributed by atoms with Gasteiger partial charge in [0.05, 0.1) is 25.5 Å². The summed E-state index contributed by atoms with van der Waals surface area (Å²) in [6.07, 6.45) is 4.61. The molecule has 3 aromatic heterocycles. The van der Waals surface area contributed by atoms with Crippen LogP contribution in [0.1, 0.15) is 39.5 Å². The number of nitrogens with zero attached hydrogens (tertiary/aromatic N) is 6. The molecule has 3 rings (SSSR count). The summed E-state index contributed by atoms with van der Waals surface area (Å²) in [4.78, 5) is 17.4. The lowest BCUT2D eigenvalue weighted by molar-refractivity contribution is 0.0824. The van der Waals surface area contributed by atoms with E-state index in [-0.39, 0.29) is 16.8 Å². The lowest BCUT2D eigenvalue weighted by Crippen LogP contribution is -2.26. The Kier molecular flexibility index (Phi) is 7.58. The Balaban J connectivity index is 2.19. The van der Waals surface area contributed by atoms with E-state index in [1.165, 1.54) is 0 Å². The van der Waals surface area contributed by atoms with Crippen molar-refractivity contribution in [1.29, 1.82) is 0 Å². The number of rotatable bonds is 9. The lowest BCUT2D eigenvalue weighted by Gasteiger charge is -2.31. The fraction of sp³-hybridized carbons (Fsp3) is 0.550. The third-order valence-electron chi connectivity index (χ3n) is 4.49. The van der Waals surface area contributed by atoms with E-state index in [2.05, 4.69) is 59.1 Å². The van der Waals surface area contributed by atoms with E-state index in [1.54, 1.807) is 18.6 Å². The van der Waals surface area contributed by atoms with Gasteiger partial charge < -0.3 is 14.5 Å². The van der Waals surface area contributed by atoms with Crippen LogP contribution in [0.3, 0.4) is 0 Å². The van der Waals surface area contributed by atoms with Gasteiger partial charge in [-0.2, -0.15) is 10.1 Å². The summed E-state index contributed by atoms with van der Waals surface area (Å²) in [6, 6.07) is 0. The molecule has 0 aliphatic carbocycles. The first kappa shape index (κ1) is 23.5. The Bertz CT molecular complexity index is 1010. The van der Waals surface area contributed by atoms with Crippen LogP contribution in [0.25, 0.3) is 11.0 Å². The van der Waals surface area contributed by atoms with Crippen LogP contribution >= 0.6 is 11.6 Å². The molecule has 31 heavy (non-hydrogen) atoms. The average Bonchev–Trinajstić information content (AvgIpc) is 3.04. The minimum atomic E-state index is -1.36. The zero-order valence-corrected chi connectivity index (χ0v) is 20.8. The van der Waals surface area contributed by atoms with Gasteiger partial charge >= 0.3 is 0 Å². The second-order valence-electron chi connectivity index (χ2n) is 8.49. The number of anilines is 2. The van der Waals surface area contributed by atoms with Crippen molar-refractivity contribution in [3.63, 3.8) is 0 Å². The number of aromatic nitrogens is 6. The fourth-order valence-electron chi connectivity index (χ4n) is 3.23. The smallest absolute Gasteiger partial charge is 0.225 e. The van der Waals surface area contributed by atoms with Gasteiger partial charge in [0.2, 0.25) is 5.28 Å². The average molecular weight is 464 g/mol. The lowest BCUT2D eigenvalue weighted by atomic mass is 9.87. The molecule has 3 aromatic rings. The second-order valence-corrected chi connectivity index (χ2v) is 11.2. The van der Waals surface area contributed by atoms with Crippen LogP contribution in [-0.4, -0.2) is 52.0 Å². The molecule has 1 unspecified atom stereocenters. The zero-order chi connectivity index (χ0) is 22.6. The summed E-state index contributed by atoms with van der Waals surface area (Å²) >= 11 is 6.33. The summed E-state index contributed by atoms with van der Waals surface area (Å²) in [5, 5.41) is 8.25. The largest absolute Gasteiger partial charge is 0.411 e. The van der Waals surface area contributed by atoms with Crippen LogP contribution in [0.4, 0.5) is 11.6 Å². The van der Waals surface area contributed by atoms with E-state index in [0.717, 1.165) is 11.2 Å². The molecule has 0 amide bonds. The molecular weight excluding hydrogens is 434 g/mol. The van der Waals surface area contributed by atoms with Crippen molar-refractivity contribution in [2.24, 2.45) is 5.41 Å². The molecule has 0 aliphatic rings. The first-order chi connectivity index (χ1) is 14.7. The highest BCUT2D eigenvalue weighted by Crippen LogP contribution is 2.40. The number of hydrogen-bond donors (Lipinski definition) is 1. The van der Waals surface area contributed by atoms with Crippen molar-refractivity contribution in [2.45, 2.75) is 53.4 Å². The third-order valence-corrected chi connectivity index (χ3v) is 5.48. The van der Waals surface area contributed by atoms with Gasteiger partial charge in [-0.3, -0.25) is 9.67 Å². The van der Waals surface area contributed by atoms with Crippen molar-refractivity contribution in [2.75, 3.05) is 18.5 Å². The molecule has 0 saturated heterocycles. The molecule has 11 heteroatoms. The zero-order valence-electron chi connectivity index (χ0n) is 18.9. The molecule has 0 fully saturated rings. The predicted octanol–water partition coefficient (Wildman–Crippen LogP) is 4.14. The highest BCUT2D eigenvalue weighted by Gasteiger charge is 2.34. The normalized spacial score (nSPS) is 13.2. The number of hydrogen-bond acceptors (Lipinski definition) is 8. The molecule has 3 heterocycles. The van der Waals surface area contributed by atoms with E-state index in [0.29, 0.717) is 36.9 Å². The highest BCUT2D eigenvalue weighted by molar-refractivity contribution is 6.48. The molecule has 1 N–H and O–H groups in total. The molecule has 0 aromatic carbocycles. The van der Waals surface area contributed by atoms with Crippen molar-refractivity contribution in [1.82, 2.24) is 29.7 Å². The Labute approximate surface area is 189 Å². The van der Waals surface area contributed by atoms with Gasteiger partial charge in [0.15, 0.2) is 14.9 Å². The molecule has 0 radical (unpaired) electrons. The molecule has 1 atom stereocenters. The maximum Gasteiger partial charge on any atom is 0.225 e. The van der Waals surface area contributed by atoms with Crippen molar-refractivity contribution < 1.29 is 9.16 Å². The molecule has 168 valence electrons. The van der Waals surface area contributed by atoms with E-state index in [9.17, 15) is 0 Å². The second kappa shape index (κ2) is 9.99. The number of halogens is 1. The van der Waals surface area contributed by atoms with Crippen molar-refractivity contribution in [3.8, 4) is 0 Å². The molecular formula is C20H30ClN7O2Si.